The van der Waals surface area contributed by atoms with E-state index in [2.05, 4.69) is 5.32 Å². The second kappa shape index (κ2) is 8.15. The first-order chi connectivity index (χ1) is 8.75. The predicted octanol–water partition coefficient (Wildman–Crippen LogP) is 1.27. The molecule has 2 atom stereocenters. The van der Waals surface area contributed by atoms with Gasteiger partial charge in [-0.2, -0.15) is 0 Å². The molecule has 1 aliphatic heterocycles. The van der Waals surface area contributed by atoms with Crippen molar-refractivity contribution in [2.24, 2.45) is 5.73 Å². The molecule has 1 aromatic rings. The molecule has 1 saturated heterocycles. The van der Waals surface area contributed by atoms with Gasteiger partial charge in [-0.15, -0.1) is 12.4 Å². The van der Waals surface area contributed by atoms with Crippen molar-refractivity contribution in [3.05, 3.63) is 35.9 Å². The molecule has 2 rings (SSSR count). The molecular formula is C14H21ClN2O2. The lowest BCUT2D eigenvalue weighted by molar-refractivity contribution is -0.124. The Morgan fingerprint density at radius 1 is 1.42 bits per heavy atom. The maximum atomic E-state index is 11.9. The summed E-state index contributed by atoms with van der Waals surface area (Å²) in [5, 5.41) is 2.95. The van der Waals surface area contributed by atoms with Crippen molar-refractivity contribution in [2.45, 2.75) is 31.3 Å². The monoisotopic (exact) mass is 284 g/mol. The van der Waals surface area contributed by atoms with Gasteiger partial charge in [-0.1, -0.05) is 30.3 Å². The third kappa shape index (κ3) is 5.19. The average molecular weight is 285 g/mol. The van der Waals surface area contributed by atoms with Crippen molar-refractivity contribution in [1.82, 2.24) is 5.32 Å². The van der Waals surface area contributed by atoms with Gasteiger partial charge in [-0.25, -0.2) is 0 Å². The maximum Gasteiger partial charge on any atom is 0.237 e. The quantitative estimate of drug-likeness (QED) is 0.875. The van der Waals surface area contributed by atoms with Gasteiger partial charge in [-0.05, 0) is 24.8 Å². The first-order valence-corrected chi connectivity index (χ1v) is 6.43. The number of carbonyl (C=O) groups is 1. The molecule has 0 radical (unpaired) electrons. The number of amides is 1. The molecule has 4 nitrogen and oxygen atoms in total. The third-order valence-electron chi connectivity index (χ3n) is 3.14. The summed E-state index contributed by atoms with van der Waals surface area (Å²) in [7, 11) is 0. The van der Waals surface area contributed by atoms with Crippen LogP contribution in [0.15, 0.2) is 30.3 Å². The number of benzene rings is 1. The number of hydrogen-bond acceptors (Lipinski definition) is 3. The Bertz CT molecular complexity index is 380. The number of hydrogen-bond donors (Lipinski definition) is 2. The lowest BCUT2D eigenvalue weighted by Gasteiger charge is -2.24. The smallest absolute Gasteiger partial charge is 0.237 e. The summed E-state index contributed by atoms with van der Waals surface area (Å²) >= 11 is 0. The molecule has 5 heteroatoms. The van der Waals surface area contributed by atoms with E-state index in [1.54, 1.807) is 0 Å². The van der Waals surface area contributed by atoms with Crippen LogP contribution in [0.1, 0.15) is 18.4 Å². The Balaban J connectivity index is 0.00000180. The number of halogens is 1. The molecular weight excluding hydrogens is 264 g/mol. The van der Waals surface area contributed by atoms with Crippen molar-refractivity contribution >= 4 is 18.3 Å². The largest absolute Gasteiger partial charge is 0.379 e. The molecule has 1 amide bonds. The molecule has 0 bridgehead atoms. The molecule has 1 unspecified atom stereocenters. The van der Waals surface area contributed by atoms with E-state index in [4.69, 9.17) is 10.5 Å². The van der Waals surface area contributed by atoms with Crippen LogP contribution in [-0.4, -0.2) is 31.2 Å². The maximum absolute atomic E-state index is 11.9. The van der Waals surface area contributed by atoms with E-state index in [9.17, 15) is 4.79 Å². The fourth-order valence-corrected chi connectivity index (χ4v) is 2.12. The minimum absolute atomic E-state index is 0. The lowest BCUT2D eigenvalue weighted by atomic mass is 10.0. The summed E-state index contributed by atoms with van der Waals surface area (Å²) in [6.07, 6.45) is 2.54. The number of carbonyl (C=O) groups excluding carboxylic acids is 1. The van der Waals surface area contributed by atoms with E-state index >= 15 is 0 Å². The summed E-state index contributed by atoms with van der Waals surface area (Å²) in [5.74, 6) is -0.0886. The van der Waals surface area contributed by atoms with Gasteiger partial charge in [0.15, 0.2) is 0 Å². The second-order valence-corrected chi connectivity index (χ2v) is 4.72. The summed E-state index contributed by atoms with van der Waals surface area (Å²) in [4.78, 5) is 11.9. The summed E-state index contributed by atoms with van der Waals surface area (Å²) in [5.41, 5.74) is 7.00. The van der Waals surface area contributed by atoms with Crippen LogP contribution in [-0.2, 0) is 16.0 Å². The van der Waals surface area contributed by atoms with Gasteiger partial charge in [-0.3, -0.25) is 4.79 Å². The van der Waals surface area contributed by atoms with Gasteiger partial charge in [0.2, 0.25) is 5.91 Å². The molecule has 1 fully saturated rings. The molecule has 1 heterocycles. The Hall–Kier alpha value is -1.10. The van der Waals surface area contributed by atoms with Crippen LogP contribution >= 0.6 is 12.4 Å². The average Bonchev–Trinajstić information content (AvgIpc) is 2.41. The number of nitrogens with one attached hydrogen (secondary N) is 1. The van der Waals surface area contributed by atoms with Crippen molar-refractivity contribution in [1.29, 1.82) is 0 Å². The third-order valence-corrected chi connectivity index (χ3v) is 3.14. The highest BCUT2D eigenvalue weighted by atomic mass is 35.5. The standard InChI is InChI=1S/C14H20N2O2.ClH/c15-13(9-11-5-2-1-3-6-11)14(17)16-12-7-4-8-18-10-12;/h1-3,5-6,12-13H,4,7-10,15H2,(H,16,17);1H/t12?,13-;/m0./s1. The Labute approximate surface area is 120 Å². The van der Waals surface area contributed by atoms with E-state index in [-0.39, 0.29) is 24.4 Å². The fraction of sp³-hybridized carbons (Fsp3) is 0.500. The molecule has 106 valence electrons. The van der Waals surface area contributed by atoms with E-state index in [1.165, 1.54) is 0 Å². The van der Waals surface area contributed by atoms with Crippen LogP contribution in [0.25, 0.3) is 0 Å². The highest BCUT2D eigenvalue weighted by Crippen LogP contribution is 2.07. The Morgan fingerprint density at radius 2 is 2.16 bits per heavy atom. The van der Waals surface area contributed by atoms with Gasteiger partial charge >= 0.3 is 0 Å². The second-order valence-electron chi connectivity index (χ2n) is 4.72. The highest BCUT2D eigenvalue weighted by molar-refractivity contribution is 5.85. The zero-order chi connectivity index (χ0) is 12.8. The van der Waals surface area contributed by atoms with Crippen LogP contribution in [0.4, 0.5) is 0 Å². The normalized spacial score (nSPS) is 20.2. The zero-order valence-corrected chi connectivity index (χ0v) is 11.7. The van der Waals surface area contributed by atoms with Gasteiger partial charge < -0.3 is 15.8 Å². The van der Waals surface area contributed by atoms with Gasteiger partial charge in [0.05, 0.1) is 18.7 Å². The lowest BCUT2D eigenvalue weighted by Crippen LogP contribution is -2.48. The minimum Gasteiger partial charge on any atom is -0.379 e. The summed E-state index contributed by atoms with van der Waals surface area (Å²) in [6, 6.07) is 9.45. The van der Waals surface area contributed by atoms with E-state index in [1.807, 2.05) is 30.3 Å². The van der Waals surface area contributed by atoms with E-state index in [0.717, 1.165) is 25.0 Å². The Kier molecular flexibility index (Phi) is 6.84. The fourth-order valence-electron chi connectivity index (χ4n) is 2.12. The van der Waals surface area contributed by atoms with Crippen LogP contribution in [0.5, 0.6) is 0 Å². The van der Waals surface area contributed by atoms with E-state index in [0.29, 0.717) is 13.0 Å². The zero-order valence-electron chi connectivity index (χ0n) is 10.9. The van der Waals surface area contributed by atoms with Gasteiger partial charge in [0, 0.05) is 6.61 Å². The van der Waals surface area contributed by atoms with E-state index < -0.39 is 6.04 Å². The first kappa shape index (κ1) is 16.0. The molecule has 1 aliphatic rings. The van der Waals surface area contributed by atoms with Crippen LogP contribution < -0.4 is 11.1 Å². The molecule has 0 saturated carbocycles. The number of rotatable bonds is 4. The van der Waals surface area contributed by atoms with Gasteiger partial charge in [0.25, 0.3) is 0 Å². The molecule has 0 spiro atoms. The van der Waals surface area contributed by atoms with Crippen molar-refractivity contribution in [2.75, 3.05) is 13.2 Å². The molecule has 1 aromatic carbocycles. The number of nitrogens with two attached hydrogens (primary N) is 1. The summed E-state index contributed by atoms with van der Waals surface area (Å²) < 4.78 is 5.33. The van der Waals surface area contributed by atoms with Gasteiger partial charge in [0.1, 0.15) is 0 Å². The Morgan fingerprint density at radius 3 is 2.79 bits per heavy atom. The molecule has 0 aromatic heterocycles. The number of ether oxygens (including phenoxy) is 1. The summed E-state index contributed by atoms with van der Waals surface area (Å²) in [6.45, 7) is 1.40. The predicted molar refractivity (Wildman–Crippen MR) is 77.4 cm³/mol. The van der Waals surface area contributed by atoms with Crippen molar-refractivity contribution < 1.29 is 9.53 Å². The highest BCUT2D eigenvalue weighted by Gasteiger charge is 2.20. The molecule has 3 N–H and O–H groups in total. The van der Waals surface area contributed by atoms with Crippen LogP contribution in [0, 0.1) is 0 Å². The first-order valence-electron chi connectivity index (χ1n) is 6.43. The van der Waals surface area contributed by atoms with Crippen LogP contribution in [0.3, 0.4) is 0 Å². The SMILES string of the molecule is Cl.N[C@@H](Cc1ccccc1)C(=O)NC1CCCOC1. The molecule has 19 heavy (non-hydrogen) atoms. The van der Waals surface area contributed by atoms with Crippen molar-refractivity contribution in [3.8, 4) is 0 Å². The van der Waals surface area contributed by atoms with Crippen molar-refractivity contribution in [3.63, 3.8) is 0 Å². The van der Waals surface area contributed by atoms with Crippen LogP contribution in [0.2, 0.25) is 0 Å². The molecule has 0 aliphatic carbocycles. The topological polar surface area (TPSA) is 64.4 Å². The minimum atomic E-state index is -0.491.